The smallest absolute Gasteiger partial charge is 0.253 e. The van der Waals surface area contributed by atoms with Gasteiger partial charge in [-0.1, -0.05) is 24.6 Å². The molecule has 1 saturated heterocycles. The molecule has 124 valence electrons. The maximum absolute atomic E-state index is 12.4. The summed E-state index contributed by atoms with van der Waals surface area (Å²) in [6.45, 7) is 5.34. The predicted molar refractivity (Wildman–Crippen MR) is 94.8 cm³/mol. The zero-order chi connectivity index (χ0) is 16.2. The molecule has 1 amide bonds. The quantitative estimate of drug-likeness (QED) is 0.861. The van der Waals surface area contributed by atoms with Crippen LogP contribution in [0, 0.1) is 0 Å². The van der Waals surface area contributed by atoms with Gasteiger partial charge in [0.05, 0.1) is 5.56 Å². The fraction of sp³-hybridized carbons (Fsp3) is 0.526. The molecule has 0 bridgehead atoms. The Morgan fingerprint density at radius 1 is 1.30 bits per heavy atom. The van der Waals surface area contributed by atoms with Gasteiger partial charge >= 0.3 is 0 Å². The summed E-state index contributed by atoms with van der Waals surface area (Å²) in [5, 5.41) is 4.11. The highest BCUT2D eigenvalue weighted by molar-refractivity contribution is 6.06. The third-order valence-electron chi connectivity index (χ3n) is 4.99. The number of aryl methyl sites for hydroxylation is 1. The summed E-state index contributed by atoms with van der Waals surface area (Å²) in [4.78, 5) is 15.0. The first-order valence-electron chi connectivity index (χ1n) is 8.73. The Bertz CT molecular complexity index is 676. The minimum Gasteiger partial charge on any atom is -0.352 e. The number of aromatic nitrogens is 1. The number of carbonyl (C=O) groups is 1. The molecule has 1 N–H and O–H groups in total. The van der Waals surface area contributed by atoms with Crippen molar-refractivity contribution in [2.75, 3.05) is 19.6 Å². The average Bonchev–Trinajstić information content (AvgIpc) is 2.90. The van der Waals surface area contributed by atoms with Crippen molar-refractivity contribution in [1.29, 1.82) is 0 Å². The van der Waals surface area contributed by atoms with Crippen molar-refractivity contribution in [1.82, 2.24) is 14.8 Å². The van der Waals surface area contributed by atoms with E-state index in [1.807, 2.05) is 42.1 Å². The number of nitrogens with zero attached hydrogens (tertiary/aromatic N) is 2. The number of carbonyl (C=O) groups excluding carboxylic acids is 1. The van der Waals surface area contributed by atoms with Crippen LogP contribution in [0.1, 0.15) is 43.0 Å². The van der Waals surface area contributed by atoms with Gasteiger partial charge in [0.1, 0.15) is 0 Å². The zero-order valence-electron chi connectivity index (χ0n) is 14.2. The van der Waals surface area contributed by atoms with Gasteiger partial charge in [0.15, 0.2) is 0 Å². The Hall–Kier alpha value is -1.81. The zero-order valence-corrected chi connectivity index (χ0v) is 14.2. The van der Waals surface area contributed by atoms with Crippen molar-refractivity contribution in [3.05, 3.63) is 36.0 Å². The second-order valence-electron chi connectivity index (χ2n) is 6.66. The van der Waals surface area contributed by atoms with Crippen LogP contribution in [0.25, 0.3) is 10.9 Å². The van der Waals surface area contributed by atoms with E-state index in [2.05, 4.69) is 17.1 Å². The number of benzene rings is 1. The molecule has 1 aromatic carbocycles. The van der Waals surface area contributed by atoms with E-state index >= 15 is 0 Å². The van der Waals surface area contributed by atoms with Gasteiger partial charge in [0.25, 0.3) is 5.91 Å². The molecule has 0 aliphatic carbocycles. The van der Waals surface area contributed by atoms with Crippen molar-refractivity contribution in [3.63, 3.8) is 0 Å². The summed E-state index contributed by atoms with van der Waals surface area (Å²) in [6.07, 6.45) is 6.91. The van der Waals surface area contributed by atoms with Crippen LogP contribution in [0.5, 0.6) is 0 Å². The highest BCUT2D eigenvalue weighted by Crippen LogP contribution is 2.20. The summed E-state index contributed by atoms with van der Waals surface area (Å²) in [6, 6.07) is 8.74. The van der Waals surface area contributed by atoms with Gasteiger partial charge < -0.3 is 14.8 Å². The van der Waals surface area contributed by atoms with Crippen molar-refractivity contribution in [2.24, 2.45) is 7.05 Å². The molecular weight excluding hydrogens is 286 g/mol. The molecule has 1 aromatic heterocycles. The van der Waals surface area contributed by atoms with Gasteiger partial charge in [-0.15, -0.1) is 0 Å². The van der Waals surface area contributed by atoms with E-state index in [0.29, 0.717) is 6.04 Å². The predicted octanol–water partition coefficient (Wildman–Crippen LogP) is 3.17. The van der Waals surface area contributed by atoms with Crippen molar-refractivity contribution in [3.8, 4) is 0 Å². The van der Waals surface area contributed by atoms with Gasteiger partial charge in [-0.25, -0.2) is 0 Å². The third-order valence-corrected chi connectivity index (χ3v) is 4.99. The van der Waals surface area contributed by atoms with Crippen molar-refractivity contribution in [2.45, 2.75) is 38.6 Å². The number of hydrogen-bond donors (Lipinski definition) is 1. The number of hydrogen-bond acceptors (Lipinski definition) is 2. The first-order chi connectivity index (χ1) is 11.2. The fourth-order valence-electron chi connectivity index (χ4n) is 3.59. The Morgan fingerprint density at radius 2 is 2.13 bits per heavy atom. The second-order valence-corrected chi connectivity index (χ2v) is 6.66. The first kappa shape index (κ1) is 16.1. The standard InChI is InChI=1S/C19H27N3O/c1-15-8-5-6-12-22(15)13-7-11-20-19(23)17-14-21(2)18-10-4-3-9-16(17)18/h3-4,9-10,14-15H,5-8,11-13H2,1-2H3,(H,20,23)/t15-/m1/s1. The number of para-hydroxylation sites is 1. The Morgan fingerprint density at radius 3 is 2.96 bits per heavy atom. The van der Waals surface area contributed by atoms with Gasteiger partial charge in [-0.3, -0.25) is 4.79 Å². The minimum atomic E-state index is 0.0356. The molecule has 23 heavy (non-hydrogen) atoms. The lowest BCUT2D eigenvalue weighted by Crippen LogP contribution is -2.39. The molecule has 3 rings (SSSR count). The topological polar surface area (TPSA) is 37.3 Å². The maximum Gasteiger partial charge on any atom is 0.253 e. The number of likely N-dealkylation sites (tertiary alicyclic amines) is 1. The Balaban J connectivity index is 1.53. The lowest BCUT2D eigenvalue weighted by atomic mass is 10.0. The molecule has 0 unspecified atom stereocenters. The van der Waals surface area contributed by atoms with Gasteiger partial charge in [-0.2, -0.15) is 0 Å². The van der Waals surface area contributed by atoms with E-state index in [-0.39, 0.29) is 5.91 Å². The maximum atomic E-state index is 12.4. The summed E-state index contributed by atoms with van der Waals surface area (Å²) in [5.74, 6) is 0.0356. The molecule has 2 aromatic rings. The van der Waals surface area contributed by atoms with E-state index in [1.165, 1.54) is 25.8 Å². The fourth-order valence-corrected chi connectivity index (χ4v) is 3.59. The lowest BCUT2D eigenvalue weighted by Gasteiger charge is -2.33. The van der Waals surface area contributed by atoms with Crippen LogP contribution in [0.2, 0.25) is 0 Å². The molecule has 2 heterocycles. The van der Waals surface area contributed by atoms with E-state index in [0.717, 1.165) is 36.0 Å². The summed E-state index contributed by atoms with van der Waals surface area (Å²) in [5.41, 5.74) is 1.87. The second kappa shape index (κ2) is 7.18. The van der Waals surface area contributed by atoms with Crippen LogP contribution in [0.15, 0.2) is 30.5 Å². The number of rotatable bonds is 5. The summed E-state index contributed by atoms with van der Waals surface area (Å²) in [7, 11) is 1.98. The summed E-state index contributed by atoms with van der Waals surface area (Å²) < 4.78 is 2.01. The SMILES string of the molecule is C[C@@H]1CCCCN1CCCNC(=O)c1cn(C)c2ccccc12. The van der Waals surface area contributed by atoms with Crippen LogP contribution < -0.4 is 5.32 Å². The van der Waals surface area contributed by atoms with E-state index < -0.39 is 0 Å². The molecule has 1 fully saturated rings. The molecule has 0 radical (unpaired) electrons. The number of fused-ring (bicyclic) bond motifs is 1. The molecule has 0 spiro atoms. The molecule has 0 saturated carbocycles. The lowest BCUT2D eigenvalue weighted by molar-refractivity contribution is 0.0950. The average molecular weight is 313 g/mol. The van der Waals surface area contributed by atoms with Gasteiger partial charge in [-0.05, 0) is 38.8 Å². The largest absolute Gasteiger partial charge is 0.352 e. The van der Waals surface area contributed by atoms with Crippen LogP contribution in [0.4, 0.5) is 0 Å². The van der Waals surface area contributed by atoms with Crippen LogP contribution >= 0.6 is 0 Å². The molecular formula is C19H27N3O. The summed E-state index contributed by atoms with van der Waals surface area (Å²) >= 11 is 0. The molecule has 1 atom stereocenters. The molecule has 4 nitrogen and oxygen atoms in total. The van der Waals surface area contributed by atoms with Crippen molar-refractivity contribution >= 4 is 16.8 Å². The van der Waals surface area contributed by atoms with Crippen LogP contribution in [-0.4, -0.2) is 41.1 Å². The molecule has 1 aliphatic rings. The third kappa shape index (κ3) is 3.58. The van der Waals surface area contributed by atoms with Crippen LogP contribution in [-0.2, 0) is 7.05 Å². The normalized spacial score (nSPS) is 19.1. The highest BCUT2D eigenvalue weighted by atomic mass is 16.1. The highest BCUT2D eigenvalue weighted by Gasteiger charge is 2.17. The monoisotopic (exact) mass is 313 g/mol. The van der Waals surface area contributed by atoms with Crippen LogP contribution in [0.3, 0.4) is 0 Å². The number of nitrogens with one attached hydrogen (secondary N) is 1. The Kier molecular flexibility index (Phi) is 5.01. The first-order valence-corrected chi connectivity index (χ1v) is 8.73. The molecule has 1 aliphatic heterocycles. The van der Waals surface area contributed by atoms with E-state index in [4.69, 9.17) is 0 Å². The van der Waals surface area contributed by atoms with E-state index in [1.54, 1.807) is 0 Å². The molecule has 4 heteroatoms. The van der Waals surface area contributed by atoms with E-state index in [9.17, 15) is 4.79 Å². The van der Waals surface area contributed by atoms with Gasteiger partial charge in [0, 0.05) is 43.3 Å². The number of amides is 1. The Labute approximate surface area is 138 Å². The minimum absolute atomic E-state index is 0.0356. The number of piperidine rings is 1. The van der Waals surface area contributed by atoms with Gasteiger partial charge in [0.2, 0.25) is 0 Å². The van der Waals surface area contributed by atoms with Crippen molar-refractivity contribution < 1.29 is 4.79 Å².